The first-order valence-corrected chi connectivity index (χ1v) is 5.46. The second kappa shape index (κ2) is 3.45. The number of hydrogen-bond acceptors (Lipinski definition) is 2. The second-order valence-corrected chi connectivity index (χ2v) is 3.63. The maximum absolute atomic E-state index is 5.87. The van der Waals surface area contributed by atoms with Crippen LogP contribution in [0.15, 0.2) is 12.4 Å². The number of fused-ring (bicyclic) bond motifs is 1. The zero-order valence-electron chi connectivity index (χ0n) is 6.54. The van der Waals surface area contributed by atoms with Crippen molar-refractivity contribution in [3.8, 4) is 0 Å². The summed E-state index contributed by atoms with van der Waals surface area (Å²) >= 11 is 8.11. The molecular formula is C7H4BClIN3. The molecule has 6 heteroatoms. The van der Waals surface area contributed by atoms with E-state index in [-0.39, 0.29) is 0 Å². The Morgan fingerprint density at radius 2 is 2.23 bits per heavy atom. The van der Waals surface area contributed by atoms with Crippen LogP contribution in [-0.2, 0) is 4.43 Å². The lowest BCUT2D eigenvalue weighted by molar-refractivity contribution is 1.07. The van der Waals surface area contributed by atoms with E-state index >= 15 is 0 Å². The van der Waals surface area contributed by atoms with E-state index in [1.54, 1.807) is 12.4 Å². The van der Waals surface area contributed by atoms with Crippen molar-refractivity contribution in [3.05, 3.63) is 23.2 Å². The van der Waals surface area contributed by atoms with E-state index in [0.717, 1.165) is 15.6 Å². The van der Waals surface area contributed by atoms with Gasteiger partial charge in [0.1, 0.15) is 5.52 Å². The third-order valence-corrected chi connectivity index (χ3v) is 2.82. The van der Waals surface area contributed by atoms with Crippen LogP contribution in [0.2, 0.25) is 5.15 Å². The smallest absolute Gasteiger partial charge is 0.168 e. The topological polar surface area (TPSA) is 30.2 Å². The Hall–Kier alpha value is -0.295. The first-order chi connectivity index (χ1) is 6.24. The molecule has 0 aliphatic rings. The van der Waals surface area contributed by atoms with Gasteiger partial charge in [-0.2, -0.15) is 0 Å². The molecule has 0 bridgehead atoms. The summed E-state index contributed by atoms with van der Waals surface area (Å²) in [6.45, 7) is 0. The van der Waals surface area contributed by atoms with Crippen molar-refractivity contribution in [2.24, 2.45) is 0 Å². The number of aromatic nitrogens is 3. The molecule has 0 spiro atoms. The van der Waals surface area contributed by atoms with E-state index in [1.807, 2.05) is 4.40 Å². The van der Waals surface area contributed by atoms with Gasteiger partial charge in [0, 0.05) is 10.6 Å². The molecule has 2 aromatic rings. The summed E-state index contributed by atoms with van der Waals surface area (Å²) in [7, 11) is 5.68. The van der Waals surface area contributed by atoms with E-state index in [2.05, 4.69) is 32.6 Å². The third kappa shape index (κ3) is 1.44. The van der Waals surface area contributed by atoms with Crippen molar-refractivity contribution in [1.82, 2.24) is 14.4 Å². The Bertz CT molecular complexity index is 456. The Morgan fingerprint density at radius 3 is 2.92 bits per heavy atom. The van der Waals surface area contributed by atoms with Crippen LogP contribution < -0.4 is 5.72 Å². The summed E-state index contributed by atoms with van der Waals surface area (Å²) in [6, 6.07) is 0. The molecule has 0 aliphatic heterocycles. The summed E-state index contributed by atoms with van der Waals surface area (Å²) in [4.78, 5) is 8.01. The van der Waals surface area contributed by atoms with Gasteiger partial charge in [-0.05, 0) is 0 Å². The monoisotopic (exact) mass is 303 g/mol. The average Bonchev–Trinajstić information content (AvgIpc) is 2.51. The minimum absolute atomic E-state index is 0.429. The van der Waals surface area contributed by atoms with Crippen LogP contribution in [0.25, 0.3) is 5.52 Å². The molecule has 13 heavy (non-hydrogen) atoms. The highest BCUT2D eigenvalue weighted by Gasteiger charge is 2.07. The lowest BCUT2D eigenvalue weighted by Crippen LogP contribution is -2.15. The molecule has 0 saturated carbocycles. The van der Waals surface area contributed by atoms with Crippen LogP contribution in [0.5, 0.6) is 0 Å². The molecule has 64 valence electrons. The molecule has 0 aromatic carbocycles. The highest BCUT2D eigenvalue weighted by Crippen LogP contribution is 2.15. The number of rotatable bonds is 1. The average molecular weight is 303 g/mol. The first-order valence-electron chi connectivity index (χ1n) is 3.56. The Labute approximate surface area is 95.1 Å². The summed E-state index contributed by atoms with van der Waals surface area (Å²) < 4.78 is 2.63. The molecule has 3 nitrogen and oxygen atoms in total. The number of hydrogen-bond donors (Lipinski definition) is 0. The standard InChI is InChI=1S/C7H4BClIN3/c8-7-12-3-5-6(9)11-2-4(1-10)13(5)7/h2-3H,1H2. The van der Waals surface area contributed by atoms with E-state index in [0.29, 0.717) is 10.9 Å². The van der Waals surface area contributed by atoms with E-state index in [9.17, 15) is 0 Å². The Balaban J connectivity index is 2.88. The van der Waals surface area contributed by atoms with E-state index in [1.165, 1.54) is 0 Å². The summed E-state index contributed by atoms with van der Waals surface area (Å²) in [5.41, 5.74) is 2.20. The van der Waals surface area contributed by atoms with Crippen LogP contribution in [0.3, 0.4) is 0 Å². The maximum Gasteiger partial charge on any atom is 0.168 e. The third-order valence-electron chi connectivity index (χ3n) is 1.75. The van der Waals surface area contributed by atoms with Crippen molar-refractivity contribution in [1.29, 1.82) is 0 Å². The van der Waals surface area contributed by atoms with Crippen molar-refractivity contribution >= 4 is 53.3 Å². The normalized spacial score (nSPS) is 10.9. The number of halogens is 2. The van der Waals surface area contributed by atoms with Crippen LogP contribution in [0.1, 0.15) is 5.69 Å². The highest BCUT2D eigenvalue weighted by atomic mass is 127. The van der Waals surface area contributed by atoms with Gasteiger partial charge < -0.3 is 4.40 Å². The first kappa shape index (κ1) is 9.27. The van der Waals surface area contributed by atoms with Gasteiger partial charge in [-0.3, -0.25) is 4.98 Å². The van der Waals surface area contributed by atoms with E-state index in [4.69, 9.17) is 19.4 Å². The van der Waals surface area contributed by atoms with Crippen LogP contribution in [-0.4, -0.2) is 22.2 Å². The predicted molar refractivity (Wildman–Crippen MR) is 61.1 cm³/mol. The number of nitrogens with zero attached hydrogens (tertiary/aromatic N) is 3. The van der Waals surface area contributed by atoms with Gasteiger partial charge in [-0.1, -0.05) is 34.2 Å². The fourth-order valence-electron chi connectivity index (χ4n) is 1.16. The maximum atomic E-state index is 5.87. The van der Waals surface area contributed by atoms with Crippen molar-refractivity contribution < 1.29 is 0 Å². The summed E-state index contributed by atoms with van der Waals surface area (Å²) in [6.07, 6.45) is 3.33. The molecular weight excluding hydrogens is 299 g/mol. The quantitative estimate of drug-likeness (QED) is 0.449. The molecule has 0 fully saturated rings. The Kier molecular flexibility index (Phi) is 2.46. The van der Waals surface area contributed by atoms with Gasteiger partial charge in [0.05, 0.1) is 17.6 Å². The van der Waals surface area contributed by atoms with Gasteiger partial charge in [0.15, 0.2) is 13.0 Å². The van der Waals surface area contributed by atoms with Crippen molar-refractivity contribution in [2.75, 3.05) is 0 Å². The predicted octanol–water partition coefficient (Wildman–Crippen LogP) is 1.11. The summed E-state index contributed by atoms with van der Waals surface area (Å²) in [5, 5.41) is 0.429. The minimum atomic E-state index is 0.429. The molecule has 2 rings (SSSR count). The summed E-state index contributed by atoms with van der Waals surface area (Å²) in [5.74, 6) is 0. The lowest BCUT2D eigenvalue weighted by Gasteiger charge is -2.04. The minimum Gasteiger partial charge on any atom is -0.305 e. The molecule has 0 saturated heterocycles. The molecule has 2 radical (unpaired) electrons. The van der Waals surface area contributed by atoms with Crippen LogP contribution in [0, 0.1) is 0 Å². The van der Waals surface area contributed by atoms with E-state index < -0.39 is 0 Å². The molecule has 0 atom stereocenters. The number of alkyl halides is 1. The number of imidazole rings is 1. The molecule has 0 amide bonds. The van der Waals surface area contributed by atoms with Gasteiger partial charge in [-0.15, -0.1) is 0 Å². The largest absolute Gasteiger partial charge is 0.305 e. The Morgan fingerprint density at radius 1 is 1.46 bits per heavy atom. The van der Waals surface area contributed by atoms with Crippen LogP contribution >= 0.6 is 34.2 Å². The molecule has 0 unspecified atom stereocenters. The molecule has 2 heterocycles. The highest BCUT2D eigenvalue weighted by molar-refractivity contribution is 14.1. The fourth-order valence-corrected chi connectivity index (χ4v) is 1.88. The molecule has 0 N–H and O–H groups in total. The van der Waals surface area contributed by atoms with Gasteiger partial charge in [-0.25, -0.2) is 4.98 Å². The molecule has 0 aliphatic carbocycles. The van der Waals surface area contributed by atoms with Gasteiger partial charge in [0.2, 0.25) is 0 Å². The molecule has 2 aromatic heterocycles. The van der Waals surface area contributed by atoms with Crippen LogP contribution in [0.4, 0.5) is 0 Å². The zero-order chi connectivity index (χ0) is 9.42. The SMILES string of the molecule is [B]c1ncc2c(Cl)ncc(CI)n12. The fraction of sp³-hybridized carbons (Fsp3) is 0.143. The van der Waals surface area contributed by atoms with Crippen molar-refractivity contribution in [2.45, 2.75) is 4.43 Å². The lowest BCUT2D eigenvalue weighted by atomic mass is 10.1. The zero-order valence-corrected chi connectivity index (χ0v) is 9.45. The van der Waals surface area contributed by atoms with Gasteiger partial charge in [0.25, 0.3) is 0 Å². The second-order valence-electron chi connectivity index (χ2n) is 2.51. The van der Waals surface area contributed by atoms with Gasteiger partial charge >= 0.3 is 0 Å². The van der Waals surface area contributed by atoms with Crippen molar-refractivity contribution in [3.63, 3.8) is 0 Å².